The molecule has 3 unspecified atom stereocenters. The lowest BCUT2D eigenvalue weighted by molar-refractivity contribution is -0.143. The van der Waals surface area contributed by atoms with Crippen molar-refractivity contribution in [2.75, 3.05) is 6.54 Å². The number of aryl methyl sites for hydroxylation is 1. The molecule has 2 amide bonds. The van der Waals surface area contributed by atoms with E-state index < -0.39 is 53.7 Å². The molecule has 3 N–H and O–H groups in total. The van der Waals surface area contributed by atoms with Gasteiger partial charge in [0.1, 0.15) is 5.82 Å². The Bertz CT molecular complexity index is 1170. The first-order chi connectivity index (χ1) is 18.8. The number of ether oxygens (including phenoxy) is 1. The number of carbonyl (C=O) groups is 2. The molecule has 0 radical (unpaired) electrons. The number of piperidine rings is 1. The quantitative estimate of drug-likeness (QED) is 0.459. The molecule has 2 aromatic carbocycles. The number of carbonyl (C=O) groups excluding carboxylic acids is 2. The molecule has 2 aliphatic heterocycles. The van der Waals surface area contributed by atoms with Gasteiger partial charge in [-0.05, 0) is 69.5 Å². The van der Waals surface area contributed by atoms with Gasteiger partial charge in [-0.2, -0.15) is 26.3 Å². The summed E-state index contributed by atoms with van der Waals surface area (Å²) in [6, 6.07) is 7.05. The number of nitrogens with one attached hydrogen (secondary N) is 1. The zero-order chi connectivity index (χ0) is 30.8. The highest BCUT2D eigenvalue weighted by Crippen LogP contribution is 2.37. The van der Waals surface area contributed by atoms with Crippen LogP contribution in [0.1, 0.15) is 55.4 Å². The summed E-state index contributed by atoms with van der Waals surface area (Å²) in [5.41, 5.74) is 2.67. The molecule has 0 aliphatic carbocycles. The number of nitrogens with two attached hydrogens (primary N) is 1. The van der Waals surface area contributed by atoms with Crippen molar-refractivity contribution in [1.29, 1.82) is 0 Å². The first kappa shape index (κ1) is 32.3. The molecule has 0 saturated carbocycles. The Labute approximate surface area is 233 Å². The average molecular weight is 592 g/mol. The number of rotatable bonds is 5. The van der Waals surface area contributed by atoms with Crippen LogP contribution in [0.4, 0.5) is 30.7 Å². The van der Waals surface area contributed by atoms with Crippen LogP contribution in [-0.4, -0.2) is 47.0 Å². The van der Waals surface area contributed by atoms with Crippen LogP contribution in [0.15, 0.2) is 42.5 Å². The monoisotopic (exact) mass is 591 g/mol. The maximum Gasteiger partial charge on any atom is 0.416 e. The maximum absolute atomic E-state index is 13.0. The second-order valence-corrected chi connectivity index (χ2v) is 10.9. The molecule has 2 heterocycles. The standard InChI is InChI=1S/C21H25F6N3O3.C7H7F/c1-19(2,28)18(32)29-14-6-15-8-16(9-30(15)17(31)7-14)33-10-11-3-12(20(22,23)24)5-13(4-11)21(25,26)27;1-6-2-4-7(8)5-3-6/h3-5,14-16H,6-10,28H2,1-2H3,(H,29,32);2-5H,1H3. The molecule has 226 valence electrons. The molecule has 2 saturated heterocycles. The van der Waals surface area contributed by atoms with Crippen molar-refractivity contribution in [1.82, 2.24) is 10.2 Å². The number of hydrogen-bond donors (Lipinski definition) is 2. The van der Waals surface area contributed by atoms with E-state index in [1.165, 1.54) is 26.0 Å². The summed E-state index contributed by atoms with van der Waals surface area (Å²) in [5, 5.41) is 2.75. The van der Waals surface area contributed by atoms with E-state index in [1.54, 1.807) is 17.0 Å². The van der Waals surface area contributed by atoms with E-state index in [-0.39, 0.29) is 42.4 Å². The molecule has 0 aromatic heterocycles. The number of hydrogen-bond acceptors (Lipinski definition) is 4. The predicted molar refractivity (Wildman–Crippen MR) is 136 cm³/mol. The van der Waals surface area contributed by atoms with Crippen LogP contribution in [0.25, 0.3) is 0 Å². The van der Waals surface area contributed by atoms with Crippen molar-refractivity contribution >= 4 is 11.8 Å². The molecule has 4 rings (SSSR count). The lowest BCUT2D eigenvalue weighted by Gasteiger charge is -2.35. The third-order valence-electron chi connectivity index (χ3n) is 6.74. The lowest BCUT2D eigenvalue weighted by Crippen LogP contribution is -2.56. The number of halogens is 7. The van der Waals surface area contributed by atoms with Crippen LogP contribution in [0.5, 0.6) is 0 Å². The minimum atomic E-state index is -4.94. The van der Waals surface area contributed by atoms with Crippen molar-refractivity contribution in [3.8, 4) is 0 Å². The van der Waals surface area contributed by atoms with Gasteiger partial charge in [0.2, 0.25) is 11.8 Å². The third kappa shape index (κ3) is 9.15. The number of alkyl halides is 6. The minimum absolute atomic E-state index is 0.0645. The van der Waals surface area contributed by atoms with Crippen LogP contribution >= 0.6 is 0 Å². The summed E-state index contributed by atoms with van der Waals surface area (Å²) >= 11 is 0. The molecule has 3 atom stereocenters. The van der Waals surface area contributed by atoms with E-state index in [9.17, 15) is 40.3 Å². The predicted octanol–water partition coefficient (Wildman–Crippen LogP) is 5.36. The highest BCUT2D eigenvalue weighted by Gasteiger charge is 2.42. The van der Waals surface area contributed by atoms with Crippen molar-refractivity contribution in [3.63, 3.8) is 0 Å². The van der Waals surface area contributed by atoms with Crippen LogP contribution < -0.4 is 11.1 Å². The zero-order valence-electron chi connectivity index (χ0n) is 22.7. The average Bonchev–Trinajstić information content (AvgIpc) is 3.27. The van der Waals surface area contributed by atoms with Crippen LogP contribution in [-0.2, 0) is 33.3 Å². The highest BCUT2D eigenvalue weighted by atomic mass is 19.4. The molecule has 13 heteroatoms. The third-order valence-corrected chi connectivity index (χ3v) is 6.74. The van der Waals surface area contributed by atoms with E-state index >= 15 is 0 Å². The van der Waals surface area contributed by atoms with Gasteiger partial charge < -0.3 is 20.7 Å². The Kier molecular flexibility index (Phi) is 9.74. The number of fused-ring (bicyclic) bond motifs is 1. The van der Waals surface area contributed by atoms with E-state index in [0.717, 1.165) is 5.56 Å². The summed E-state index contributed by atoms with van der Waals surface area (Å²) in [5.74, 6) is -0.781. The van der Waals surface area contributed by atoms with Crippen molar-refractivity contribution in [2.45, 2.75) is 82.7 Å². The minimum Gasteiger partial charge on any atom is -0.372 e. The fraction of sp³-hybridized carbons (Fsp3) is 0.500. The second kappa shape index (κ2) is 12.4. The maximum atomic E-state index is 13.0. The van der Waals surface area contributed by atoms with Crippen LogP contribution in [0.2, 0.25) is 0 Å². The Morgan fingerprint density at radius 3 is 2.05 bits per heavy atom. The van der Waals surface area contributed by atoms with Gasteiger partial charge in [-0.3, -0.25) is 9.59 Å². The molecule has 6 nitrogen and oxygen atoms in total. The Hall–Kier alpha value is -3.19. The summed E-state index contributed by atoms with van der Waals surface area (Å²) in [6.45, 7) is 4.72. The van der Waals surface area contributed by atoms with Gasteiger partial charge in [-0.1, -0.05) is 17.7 Å². The fourth-order valence-electron chi connectivity index (χ4n) is 4.59. The molecule has 0 bridgehead atoms. The second-order valence-electron chi connectivity index (χ2n) is 10.9. The molecule has 2 aromatic rings. The lowest BCUT2D eigenvalue weighted by atomic mass is 9.95. The van der Waals surface area contributed by atoms with Gasteiger partial charge >= 0.3 is 12.4 Å². The Balaban J connectivity index is 0.000000496. The van der Waals surface area contributed by atoms with Crippen molar-refractivity contribution in [3.05, 3.63) is 70.5 Å². The molecular formula is C28H32F7N3O3. The van der Waals surface area contributed by atoms with Gasteiger partial charge in [0.15, 0.2) is 0 Å². The topological polar surface area (TPSA) is 84.7 Å². The van der Waals surface area contributed by atoms with E-state index in [1.807, 2.05) is 6.92 Å². The summed E-state index contributed by atoms with van der Waals surface area (Å²) in [4.78, 5) is 26.2. The van der Waals surface area contributed by atoms with Crippen molar-refractivity contribution in [2.24, 2.45) is 5.73 Å². The number of nitrogens with zero attached hydrogens (tertiary/aromatic N) is 1. The fourth-order valence-corrected chi connectivity index (χ4v) is 4.59. The SMILES string of the molecule is CC(C)(N)C(=O)NC1CC(=O)N2CC(OCc3cc(C(F)(F)F)cc(C(F)(F)F)c3)CC2C1.Cc1ccc(F)cc1. The normalized spacial score (nSPS) is 21.2. The Morgan fingerprint density at radius 2 is 1.56 bits per heavy atom. The smallest absolute Gasteiger partial charge is 0.372 e. The zero-order valence-corrected chi connectivity index (χ0v) is 22.7. The summed E-state index contributed by atoms with van der Waals surface area (Å²) in [7, 11) is 0. The molecule has 0 spiro atoms. The van der Waals surface area contributed by atoms with Gasteiger partial charge in [-0.15, -0.1) is 0 Å². The van der Waals surface area contributed by atoms with E-state index in [0.29, 0.717) is 25.0 Å². The number of benzene rings is 2. The van der Waals surface area contributed by atoms with E-state index in [4.69, 9.17) is 10.5 Å². The van der Waals surface area contributed by atoms with Gasteiger partial charge in [0.05, 0.1) is 29.4 Å². The van der Waals surface area contributed by atoms with Gasteiger partial charge in [0, 0.05) is 25.0 Å². The molecule has 41 heavy (non-hydrogen) atoms. The molecular weight excluding hydrogens is 559 g/mol. The van der Waals surface area contributed by atoms with Gasteiger partial charge in [0.25, 0.3) is 0 Å². The van der Waals surface area contributed by atoms with Crippen LogP contribution in [0, 0.1) is 12.7 Å². The largest absolute Gasteiger partial charge is 0.416 e. The molecule has 2 fully saturated rings. The van der Waals surface area contributed by atoms with Crippen LogP contribution in [0.3, 0.4) is 0 Å². The Morgan fingerprint density at radius 1 is 1.00 bits per heavy atom. The van der Waals surface area contributed by atoms with Crippen molar-refractivity contribution < 1.29 is 45.1 Å². The highest BCUT2D eigenvalue weighted by molar-refractivity contribution is 5.86. The summed E-state index contributed by atoms with van der Waals surface area (Å²) < 4.78 is 95.9. The summed E-state index contributed by atoms with van der Waals surface area (Å²) in [6.07, 6.45) is -9.54. The van der Waals surface area contributed by atoms with E-state index in [2.05, 4.69) is 5.32 Å². The first-order valence-electron chi connectivity index (χ1n) is 12.8. The molecule has 2 aliphatic rings. The first-order valence-corrected chi connectivity index (χ1v) is 12.8. The van der Waals surface area contributed by atoms with Gasteiger partial charge in [-0.25, -0.2) is 4.39 Å². The number of amides is 2.